The maximum absolute atomic E-state index is 12.8. The quantitative estimate of drug-likeness (QED) is 0.855. The van der Waals surface area contributed by atoms with Crippen LogP contribution < -0.4 is 14.8 Å². The first-order chi connectivity index (χ1) is 13.6. The number of anilines is 1. The van der Waals surface area contributed by atoms with Gasteiger partial charge in [0.1, 0.15) is 12.4 Å². The Balaban J connectivity index is 1.29. The number of amides is 2. The molecule has 1 aromatic heterocycles. The van der Waals surface area contributed by atoms with Crippen molar-refractivity contribution >= 4 is 29.2 Å². The fourth-order valence-corrected chi connectivity index (χ4v) is 3.50. The standard InChI is InChI=1S/C20H20ClN3O4/c21-14-5-6-18(22-11-14)23-19(25)13-7-9-24(10-8-13)20(26)17-12-27-15-3-1-2-4-16(15)28-17/h1-6,11,13,17H,7-10,12H2,(H,22,23,25). The number of pyridine rings is 1. The number of ether oxygens (including phenoxy) is 2. The van der Waals surface area contributed by atoms with Crippen LogP contribution >= 0.6 is 11.6 Å². The number of nitrogens with zero attached hydrogens (tertiary/aromatic N) is 2. The van der Waals surface area contributed by atoms with Gasteiger partial charge in [-0.2, -0.15) is 0 Å². The monoisotopic (exact) mass is 401 g/mol. The fourth-order valence-electron chi connectivity index (χ4n) is 3.38. The number of rotatable bonds is 3. The Morgan fingerprint density at radius 3 is 2.57 bits per heavy atom. The third-order valence-corrected chi connectivity index (χ3v) is 5.16. The molecule has 2 amide bonds. The Hall–Kier alpha value is -2.80. The predicted molar refractivity (Wildman–Crippen MR) is 104 cm³/mol. The molecule has 2 aliphatic rings. The first kappa shape index (κ1) is 18.6. The molecule has 0 spiro atoms. The predicted octanol–water partition coefficient (Wildman–Crippen LogP) is 2.75. The Labute approximate surface area is 167 Å². The molecular weight excluding hydrogens is 382 g/mol. The molecule has 1 atom stereocenters. The van der Waals surface area contributed by atoms with Gasteiger partial charge in [-0.1, -0.05) is 23.7 Å². The second-order valence-corrected chi connectivity index (χ2v) is 7.25. The van der Waals surface area contributed by atoms with Crippen LogP contribution in [-0.4, -0.2) is 47.5 Å². The van der Waals surface area contributed by atoms with Crippen molar-refractivity contribution in [3.63, 3.8) is 0 Å². The molecule has 3 heterocycles. The zero-order valence-corrected chi connectivity index (χ0v) is 15.9. The van der Waals surface area contributed by atoms with Gasteiger partial charge in [0.15, 0.2) is 11.5 Å². The Kier molecular flexibility index (Phi) is 5.34. The molecule has 1 unspecified atom stereocenters. The first-order valence-corrected chi connectivity index (χ1v) is 9.57. The van der Waals surface area contributed by atoms with Gasteiger partial charge in [0, 0.05) is 25.2 Å². The molecule has 1 fully saturated rings. The second kappa shape index (κ2) is 8.06. The Morgan fingerprint density at radius 2 is 1.86 bits per heavy atom. The minimum absolute atomic E-state index is 0.0897. The number of hydrogen-bond donors (Lipinski definition) is 1. The van der Waals surface area contributed by atoms with Crippen LogP contribution in [0.2, 0.25) is 5.02 Å². The normalized spacial score (nSPS) is 19.2. The molecule has 1 aromatic carbocycles. The summed E-state index contributed by atoms with van der Waals surface area (Å²) in [5.41, 5.74) is 0. The number of para-hydroxylation sites is 2. The molecule has 0 saturated carbocycles. The number of carbonyl (C=O) groups excluding carboxylic acids is 2. The molecule has 2 aliphatic heterocycles. The largest absolute Gasteiger partial charge is 0.485 e. The fraction of sp³-hybridized carbons (Fsp3) is 0.350. The molecule has 28 heavy (non-hydrogen) atoms. The van der Waals surface area contributed by atoms with Crippen molar-refractivity contribution in [1.82, 2.24) is 9.88 Å². The molecule has 1 N–H and O–H groups in total. The van der Waals surface area contributed by atoms with E-state index in [1.165, 1.54) is 6.20 Å². The van der Waals surface area contributed by atoms with E-state index in [0.29, 0.717) is 48.3 Å². The highest BCUT2D eigenvalue weighted by Gasteiger charge is 2.34. The topological polar surface area (TPSA) is 80.8 Å². The van der Waals surface area contributed by atoms with Gasteiger partial charge >= 0.3 is 0 Å². The van der Waals surface area contributed by atoms with E-state index in [1.54, 1.807) is 23.1 Å². The summed E-state index contributed by atoms with van der Waals surface area (Å²) in [4.78, 5) is 31.0. The SMILES string of the molecule is O=C(Nc1ccc(Cl)cn1)C1CCN(C(=O)C2COc3ccccc3O2)CC1. The summed E-state index contributed by atoms with van der Waals surface area (Å²) in [7, 11) is 0. The maximum atomic E-state index is 12.8. The van der Waals surface area contributed by atoms with Gasteiger partial charge < -0.3 is 19.7 Å². The van der Waals surface area contributed by atoms with Crippen molar-refractivity contribution in [1.29, 1.82) is 0 Å². The van der Waals surface area contributed by atoms with Gasteiger partial charge in [-0.3, -0.25) is 9.59 Å². The number of benzene rings is 1. The Morgan fingerprint density at radius 1 is 1.11 bits per heavy atom. The van der Waals surface area contributed by atoms with E-state index in [1.807, 2.05) is 18.2 Å². The van der Waals surface area contributed by atoms with Crippen molar-refractivity contribution < 1.29 is 19.1 Å². The third kappa shape index (κ3) is 4.04. The molecule has 7 nitrogen and oxygen atoms in total. The molecule has 8 heteroatoms. The Bertz CT molecular complexity index is 866. The van der Waals surface area contributed by atoms with Crippen LogP contribution in [-0.2, 0) is 9.59 Å². The lowest BCUT2D eigenvalue weighted by Gasteiger charge is -2.35. The van der Waals surface area contributed by atoms with E-state index in [9.17, 15) is 9.59 Å². The van der Waals surface area contributed by atoms with Crippen molar-refractivity contribution in [2.45, 2.75) is 18.9 Å². The summed E-state index contributed by atoms with van der Waals surface area (Å²) in [5, 5.41) is 3.32. The summed E-state index contributed by atoms with van der Waals surface area (Å²) in [5.74, 6) is 1.35. The van der Waals surface area contributed by atoms with Crippen LogP contribution in [0.25, 0.3) is 0 Å². The summed E-state index contributed by atoms with van der Waals surface area (Å²) in [6, 6.07) is 10.6. The zero-order valence-electron chi connectivity index (χ0n) is 15.1. The minimum atomic E-state index is -0.654. The number of hydrogen-bond acceptors (Lipinski definition) is 5. The number of halogens is 1. The van der Waals surface area contributed by atoms with E-state index < -0.39 is 6.10 Å². The molecule has 0 radical (unpaired) electrons. The smallest absolute Gasteiger partial charge is 0.267 e. The van der Waals surface area contributed by atoms with Crippen molar-refractivity contribution in [2.24, 2.45) is 5.92 Å². The van der Waals surface area contributed by atoms with Gasteiger partial charge in [0.2, 0.25) is 12.0 Å². The average molecular weight is 402 g/mol. The molecule has 0 bridgehead atoms. The number of fused-ring (bicyclic) bond motifs is 1. The van der Waals surface area contributed by atoms with Crippen molar-refractivity contribution in [3.05, 3.63) is 47.6 Å². The zero-order chi connectivity index (χ0) is 19.5. The van der Waals surface area contributed by atoms with E-state index in [4.69, 9.17) is 21.1 Å². The second-order valence-electron chi connectivity index (χ2n) is 6.81. The van der Waals surface area contributed by atoms with Crippen LogP contribution in [0.3, 0.4) is 0 Å². The van der Waals surface area contributed by atoms with E-state index in [-0.39, 0.29) is 24.3 Å². The summed E-state index contributed by atoms with van der Waals surface area (Å²) >= 11 is 5.80. The number of likely N-dealkylation sites (tertiary alicyclic amines) is 1. The average Bonchev–Trinajstić information content (AvgIpc) is 2.74. The highest BCUT2D eigenvalue weighted by Crippen LogP contribution is 2.31. The van der Waals surface area contributed by atoms with Crippen LogP contribution in [0.1, 0.15) is 12.8 Å². The highest BCUT2D eigenvalue weighted by molar-refractivity contribution is 6.30. The van der Waals surface area contributed by atoms with Crippen molar-refractivity contribution in [2.75, 3.05) is 25.0 Å². The molecular formula is C20H20ClN3O4. The number of piperidine rings is 1. The van der Waals surface area contributed by atoms with E-state index in [0.717, 1.165) is 0 Å². The summed E-state index contributed by atoms with van der Waals surface area (Å²) < 4.78 is 11.4. The molecule has 1 saturated heterocycles. The van der Waals surface area contributed by atoms with Gasteiger partial charge in [-0.05, 0) is 37.1 Å². The van der Waals surface area contributed by atoms with Crippen LogP contribution in [0.15, 0.2) is 42.6 Å². The van der Waals surface area contributed by atoms with Gasteiger partial charge in [0.05, 0.1) is 5.02 Å². The number of nitrogens with one attached hydrogen (secondary N) is 1. The lowest BCUT2D eigenvalue weighted by molar-refractivity contribution is -0.143. The highest BCUT2D eigenvalue weighted by atomic mass is 35.5. The number of aromatic nitrogens is 1. The third-order valence-electron chi connectivity index (χ3n) is 4.94. The van der Waals surface area contributed by atoms with E-state index in [2.05, 4.69) is 10.3 Å². The lowest BCUT2D eigenvalue weighted by atomic mass is 9.95. The molecule has 2 aromatic rings. The summed E-state index contributed by atoms with van der Waals surface area (Å²) in [6.45, 7) is 1.21. The van der Waals surface area contributed by atoms with Crippen LogP contribution in [0, 0.1) is 5.92 Å². The minimum Gasteiger partial charge on any atom is -0.485 e. The van der Waals surface area contributed by atoms with Crippen LogP contribution in [0.4, 0.5) is 5.82 Å². The van der Waals surface area contributed by atoms with Gasteiger partial charge in [-0.15, -0.1) is 0 Å². The molecule has 146 valence electrons. The molecule has 0 aliphatic carbocycles. The van der Waals surface area contributed by atoms with Crippen LogP contribution in [0.5, 0.6) is 11.5 Å². The summed E-state index contributed by atoms with van der Waals surface area (Å²) in [6.07, 6.45) is 2.02. The van der Waals surface area contributed by atoms with Gasteiger partial charge in [0.25, 0.3) is 5.91 Å². The maximum Gasteiger partial charge on any atom is 0.267 e. The first-order valence-electron chi connectivity index (χ1n) is 9.20. The molecule has 4 rings (SSSR count). The van der Waals surface area contributed by atoms with Gasteiger partial charge in [-0.25, -0.2) is 4.98 Å². The van der Waals surface area contributed by atoms with Crippen molar-refractivity contribution in [3.8, 4) is 11.5 Å². The number of carbonyl (C=O) groups is 2. The lowest BCUT2D eigenvalue weighted by Crippen LogP contribution is -2.50. The van der Waals surface area contributed by atoms with E-state index >= 15 is 0 Å².